The Morgan fingerprint density at radius 3 is 2.53 bits per heavy atom. The number of rotatable bonds is 7. The van der Waals surface area contributed by atoms with E-state index < -0.39 is 0 Å². The Morgan fingerprint density at radius 2 is 2.00 bits per heavy atom. The molecule has 0 saturated carbocycles. The van der Waals surface area contributed by atoms with Gasteiger partial charge in [-0.25, -0.2) is 0 Å². The van der Waals surface area contributed by atoms with Crippen LogP contribution in [0.1, 0.15) is 55.2 Å². The van der Waals surface area contributed by atoms with Crippen molar-refractivity contribution in [1.82, 2.24) is 0 Å². The van der Waals surface area contributed by atoms with Gasteiger partial charge < -0.3 is 10.5 Å². The third-order valence-electron chi connectivity index (χ3n) is 3.71. The summed E-state index contributed by atoms with van der Waals surface area (Å²) in [4.78, 5) is 0. The highest BCUT2D eigenvalue weighted by atomic mass is 35.5. The van der Waals surface area contributed by atoms with Gasteiger partial charge >= 0.3 is 0 Å². The van der Waals surface area contributed by atoms with Crippen molar-refractivity contribution in [2.75, 3.05) is 13.7 Å². The summed E-state index contributed by atoms with van der Waals surface area (Å²) in [7, 11) is 1.73. The van der Waals surface area contributed by atoms with E-state index in [-0.39, 0.29) is 0 Å². The largest absolute Gasteiger partial charge is 0.496 e. The van der Waals surface area contributed by atoms with Crippen LogP contribution in [-0.4, -0.2) is 13.7 Å². The van der Waals surface area contributed by atoms with Crippen molar-refractivity contribution < 1.29 is 4.74 Å². The molecule has 0 amide bonds. The molecule has 0 spiro atoms. The fourth-order valence-electron chi connectivity index (χ4n) is 2.76. The van der Waals surface area contributed by atoms with Crippen LogP contribution in [0.3, 0.4) is 0 Å². The fourth-order valence-corrected chi connectivity index (χ4v) is 2.91. The molecule has 0 aromatic heterocycles. The van der Waals surface area contributed by atoms with Crippen molar-refractivity contribution in [2.24, 2.45) is 5.73 Å². The Bertz CT molecular complexity index is 418. The first kappa shape index (κ1) is 16.3. The zero-order chi connectivity index (χ0) is 14.4. The number of nitrogens with two attached hydrogens (primary N) is 1. The van der Waals surface area contributed by atoms with Gasteiger partial charge in [0.15, 0.2) is 0 Å². The number of methoxy groups -OCH3 is 1. The van der Waals surface area contributed by atoms with Gasteiger partial charge in [-0.3, -0.25) is 0 Å². The van der Waals surface area contributed by atoms with Gasteiger partial charge in [0.25, 0.3) is 0 Å². The van der Waals surface area contributed by atoms with E-state index in [1.54, 1.807) is 7.11 Å². The summed E-state index contributed by atoms with van der Waals surface area (Å²) in [6.45, 7) is 7.07. The first-order valence-corrected chi connectivity index (χ1v) is 7.48. The molecule has 3 heteroatoms. The summed E-state index contributed by atoms with van der Waals surface area (Å²) < 4.78 is 5.58. The first-order chi connectivity index (χ1) is 9.06. The highest BCUT2D eigenvalue weighted by molar-refractivity contribution is 6.32. The summed E-state index contributed by atoms with van der Waals surface area (Å²) in [6.07, 6.45) is 4.44. The van der Waals surface area contributed by atoms with Crippen LogP contribution in [-0.2, 0) is 0 Å². The Hall–Kier alpha value is -0.730. The molecule has 1 rings (SSSR count). The van der Waals surface area contributed by atoms with E-state index in [0.29, 0.717) is 5.92 Å². The molecule has 0 aliphatic heterocycles. The molecule has 0 heterocycles. The second kappa shape index (κ2) is 7.76. The molecular weight excluding hydrogens is 258 g/mol. The summed E-state index contributed by atoms with van der Waals surface area (Å²) >= 11 is 6.41. The molecule has 2 nitrogen and oxygen atoms in total. The third kappa shape index (κ3) is 3.87. The average Bonchev–Trinajstić information content (AvgIpc) is 2.41. The second-order valence-electron chi connectivity index (χ2n) is 5.16. The zero-order valence-corrected chi connectivity index (χ0v) is 13.3. The Kier molecular flexibility index (Phi) is 6.67. The number of ether oxygens (including phenoxy) is 1. The summed E-state index contributed by atoms with van der Waals surface area (Å²) in [6, 6.07) is 2.05. The van der Waals surface area contributed by atoms with Crippen LogP contribution >= 0.6 is 11.6 Å². The van der Waals surface area contributed by atoms with E-state index in [4.69, 9.17) is 22.1 Å². The van der Waals surface area contributed by atoms with Crippen LogP contribution in [0.4, 0.5) is 0 Å². The summed E-state index contributed by atoms with van der Waals surface area (Å²) in [5.41, 5.74) is 9.17. The van der Waals surface area contributed by atoms with Crippen LogP contribution in [0, 0.1) is 13.8 Å². The topological polar surface area (TPSA) is 35.2 Å². The second-order valence-corrected chi connectivity index (χ2v) is 5.54. The van der Waals surface area contributed by atoms with Gasteiger partial charge in [-0.15, -0.1) is 0 Å². The lowest BCUT2D eigenvalue weighted by molar-refractivity contribution is 0.399. The molecular formula is C16H26ClNO. The minimum absolute atomic E-state index is 0.488. The number of hydrogen-bond acceptors (Lipinski definition) is 2. The van der Waals surface area contributed by atoms with E-state index in [2.05, 4.69) is 19.9 Å². The van der Waals surface area contributed by atoms with Crippen LogP contribution in [0.5, 0.6) is 5.75 Å². The molecule has 0 radical (unpaired) electrons. The highest BCUT2D eigenvalue weighted by Gasteiger charge is 2.20. The molecule has 19 heavy (non-hydrogen) atoms. The molecule has 0 aliphatic carbocycles. The molecule has 0 saturated heterocycles. The van der Waals surface area contributed by atoms with Gasteiger partial charge in [-0.05, 0) is 62.8 Å². The molecule has 2 N–H and O–H groups in total. The van der Waals surface area contributed by atoms with Gasteiger partial charge in [-0.2, -0.15) is 0 Å². The maximum absolute atomic E-state index is 6.41. The minimum Gasteiger partial charge on any atom is -0.496 e. The van der Waals surface area contributed by atoms with Gasteiger partial charge in [0, 0.05) is 10.6 Å². The smallest absolute Gasteiger partial charge is 0.122 e. The van der Waals surface area contributed by atoms with E-state index in [9.17, 15) is 0 Å². The predicted molar refractivity (Wildman–Crippen MR) is 83.4 cm³/mol. The van der Waals surface area contributed by atoms with E-state index in [0.717, 1.165) is 54.1 Å². The normalized spacial score (nSPS) is 12.5. The van der Waals surface area contributed by atoms with Crippen molar-refractivity contribution >= 4 is 11.6 Å². The van der Waals surface area contributed by atoms with Gasteiger partial charge in [0.1, 0.15) is 5.75 Å². The van der Waals surface area contributed by atoms with Crippen molar-refractivity contribution in [2.45, 2.75) is 52.4 Å². The zero-order valence-electron chi connectivity index (χ0n) is 12.6. The van der Waals surface area contributed by atoms with Gasteiger partial charge in [0.2, 0.25) is 0 Å². The minimum atomic E-state index is 0.488. The molecule has 1 aromatic rings. The van der Waals surface area contributed by atoms with Crippen LogP contribution in [0.15, 0.2) is 6.07 Å². The molecule has 108 valence electrons. The van der Waals surface area contributed by atoms with Crippen molar-refractivity contribution in [3.8, 4) is 5.75 Å². The standard InChI is InChI=1S/C16H26ClNO/c1-5-7-13(8-6-9-18)15-12(3)16(17)11(2)10-14(15)19-4/h10,13H,5-9,18H2,1-4H3. The van der Waals surface area contributed by atoms with E-state index in [1.165, 1.54) is 5.56 Å². The number of benzene rings is 1. The van der Waals surface area contributed by atoms with E-state index in [1.807, 2.05) is 6.92 Å². The van der Waals surface area contributed by atoms with Gasteiger partial charge in [-0.1, -0.05) is 24.9 Å². The third-order valence-corrected chi connectivity index (χ3v) is 4.30. The monoisotopic (exact) mass is 283 g/mol. The molecule has 0 fully saturated rings. The lowest BCUT2D eigenvalue weighted by Gasteiger charge is -2.23. The van der Waals surface area contributed by atoms with Crippen LogP contribution < -0.4 is 10.5 Å². The lowest BCUT2D eigenvalue weighted by atomic mass is 9.86. The Labute approximate surface area is 122 Å². The van der Waals surface area contributed by atoms with Crippen molar-refractivity contribution in [3.63, 3.8) is 0 Å². The Morgan fingerprint density at radius 1 is 1.32 bits per heavy atom. The maximum Gasteiger partial charge on any atom is 0.122 e. The molecule has 0 bridgehead atoms. The first-order valence-electron chi connectivity index (χ1n) is 7.10. The number of hydrogen-bond donors (Lipinski definition) is 1. The highest BCUT2D eigenvalue weighted by Crippen LogP contribution is 2.40. The quantitative estimate of drug-likeness (QED) is 0.794. The van der Waals surface area contributed by atoms with Crippen LogP contribution in [0.2, 0.25) is 5.02 Å². The molecule has 1 aromatic carbocycles. The molecule has 1 unspecified atom stereocenters. The SMILES string of the molecule is CCCC(CCCN)c1c(OC)cc(C)c(Cl)c1C. The molecule has 0 aliphatic rings. The Balaban J connectivity index is 3.23. The lowest BCUT2D eigenvalue weighted by Crippen LogP contribution is -2.08. The van der Waals surface area contributed by atoms with Crippen LogP contribution in [0.25, 0.3) is 0 Å². The fraction of sp³-hybridized carbons (Fsp3) is 0.625. The summed E-state index contributed by atoms with van der Waals surface area (Å²) in [5, 5.41) is 0.865. The summed E-state index contributed by atoms with van der Waals surface area (Å²) in [5.74, 6) is 1.46. The number of halogens is 1. The average molecular weight is 284 g/mol. The van der Waals surface area contributed by atoms with E-state index >= 15 is 0 Å². The predicted octanol–water partition coefficient (Wildman–Crippen LogP) is 4.59. The van der Waals surface area contributed by atoms with Gasteiger partial charge in [0.05, 0.1) is 7.11 Å². The van der Waals surface area contributed by atoms with Crippen molar-refractivity contribution in [1.29, 1.82) is 0 Å². The maximum atomic E-state index is 6.41. The number of aryl methyl sites for hydroxylation is 1. The molecule has 1 atom stereocenters. The van der Waals surface area contributed by atoms with Crippen molar-refractivity contribution in [3.05, 3.63) is 27.8 Å².